The fraction of sp³-hybridized carbons (Fsp3) is 0.467. The number of hydrogen-bond donors (Lipinski definition) is 2. The van der Waals surface area contributed by atoms with Crippen LogP contribution < -0.4 is 10.1 Å². The zero-order valence-corrected chi connectivity index (χ0v) is 11.5. The van der Waals surface area contributed by atoms with Crippen molar-refractivity contribution >= 4 is 11.9 Å². The predicted octanol–water partition coefficient (Wildman–Crippen LogP) is 2.07. The Bertz CT molecular complexity index is 483. The standard InChI is InChI=1S/C15H19NO4/c1-2-20-11-8-6-10(7-9-11)14(17)16-13-5-3-4-12(13)15(18)19/h6-9,12-13H,2-5H2,1H3,(H,16,17)(H,18,19)/t12-,13+/m0/s1. The van der Waals surface area contributed by atoms with E-state index in [-0.39, 0.29) is 11.9 Å². The van der Waals surface area contributed by atoms with Crippen molar-refractivity contribution in [3.63, 3.8) is 0 Å². The van der Waals surface area contributed by atoms with Gasteiger partial charge in [0.05, 0.1) is 12.5 Å². The Morgan fingerprint density at radius 3 is 2.60 bits per heavy atom. The Morgan fingerprint density at radius 2 is 2.00 bits per heavy atom. The number of carboxylic acids is 1. The van der Waals surface area contributed by atoms with E-state index >= 15 is 0 Å². The molecule has 1 aliphatic rings. The molecule has 2 atom stereocenters. The van der Waals surface area contributed by atoms with Crippen molar-refractivity contribution in [2.45, 2.75) is 32.2 Å². The first-order chi connectivity index (χ1) is 9.61. The minimum atomic E-state index is -0.834. The van der Waals surface area contributed by atoms with Gasteiger partial charge >= 0.3 is 5.97 Å². The number of amides is 1. The van der Waals surface area contributed by atoms with E-state index in [1.807, 2.05) is 6.92 Å². The largest absolute Gasteiger partial charge is 0.494 e. The van der Waals surface area contributed by atoms with Crippen LogP contribution in [-0.2, 0) is 4.79 Å². The Morgan fingerprint density at radius 1 is 1.30 bits per heavy atom. The van der Waals surface area contributed by atoms with Crippen molar-refractivity contribution in [3.8, 4) is 5.75 Å². The normalized spacial score (nSPS) is 21.4. The summed E-state index contributed by atoms with van der Waals surface area (Å²) in [6, 6.07) is 6.58. The molecule has 5 nitrogen and oxygen atoms in total. The number of rotatable bonds is 5. The van der Waals surface area contributed by atoms with Gasteiger partial charge in [-0.15, -0.1) is 0 Å². The molecule has 2 rings (SSSR count). The lowest BCUT2D eigenvalue weighted by Gasteiger charge is -2.17. The van der Waals surface area contributed by atoms with Crippen molar-refractivity contribution in [3.05, 3.63) is 29.8 Å². The first kappa shape index (κ1) is 14.4. The van der Waals surface area contributed by atoms with Gasteiger partial charge in [-0.1, -0.05) is 6.42 Å². The highest BCUT2D eigenvalue weighted by molar-refractivity contribution is 5.94. The van der Waals surface area contributed by atoms with Crippen LogP contribution in [0.4, 0.5) is 0 Å². The van der Waals surface area contributed by atoms with Gasteiger partial charge in [-0.2, -0.15) is 0 Å². The lowest BCUT2D eigenvalue weighted by atomic mass is 10.0. The summed E-state index contributed by atoms with van der Waals surface area (Å²) in [6.07, 6.45) is 2.19. The first-order valence-electron chi connectivity index (χ1n) is 6.88. The number of carbonyl (C=O) groups is 2. The minimum Gasteiger partial charge on any atom is -0.494 e. The summed E-state index contributed by atoms with van der Waals surface area (Å²) < 4.78 is 5.31. The molecule has 0 heterocycles. The van der Waals surface area contributed by atoms with Crippen LogP contribution in [0.3, 0.4) is 0 Å². The molecule has 1 saturated carbocycles. The monoisotopic (exact) mass is 277 g/mol. The van der Waals surface area contributed by atoms with Gasteiger partial charge in [-0.25, -0.2) is 0 Å². The number of aliphatic carboxylic acids is 1. The molecule has 0 aliphatic heterocycles. The van der Waals surface area contributed by atoms with Crippen molar-refractivity contribution in [1.82, 2.24) is 5.32 Å². The van der Waals surface area contributed by atoms with Crippen molar-refractivity contribution < 1.29 is 19.4 Å². The number of hydrogen-bond acceptors (Lipinski definition) is 3. The molecule has 1 fully saturated rings. The predicted molar refractivity (Wildman–Crippen MR) is 73.8 cm³/mol. The van der Waals surface area contributed by atoms with Crippen molar-refractivity contribution in [2.75, 3.05) is 6.61 Å². The number of nitrogens with one attached hydrogen (secondary N) is 1. The van der Waals surface area contributed by atoms with Gasteiger partial charge in [0.25, 0.3) is 5.91 Å². The molecule has 20 heavy (non-hydrogen) atoms. The first-order valence-corrected chi connectivity index (χ1v) is 6.88. The molecule has 0 saturated heterocycles. The highest BCUT2D eigenvalue weighted by Crippen LogP contribution is 2.26. The molecular formula is C15H19NO4. The van der Waals surface area contributed by atoms with E-state index in [1.54, 1.807) is 24.3 Å². The summed E-state index contributed by atoms with van der Waals surface area (Å²) in [6.45, 7) is 2.47. The van der Waals surface area contributed by atoms with Crippen LogP contribution in [0.5, 0.6) is 5.75 Å². The second-order valence-corrected chi connectivity index (χ2v) is 4.91. The van der Waals surface area contributed by atoms with Crippen molar-refractivity contribution in [2.24, 2.45) is 5.92 Å². The van der Waals surface area contributed by atoms with Crippen LogP contribution in [0, 0.1) is 5.92 Å². The fourth-order valence-electron chi connectivity index (χ4n) is 2.55. The molecule has 1 aromatic rings. The summed E-state index contributed by atoms with van der Waals surface area (Å²) in [5, 5.41) is 11.9. The zero-order valence-electron chi connectivity index (χ0n) is 11.5. The topological polar surface area (TPSA) is 75.6 Å². The third kappa shape index (κ3) is 3.29. The van der Waals surface area contributed by atoms with E-state index in [9.17, 15) is 9.59 Å². The van der Waals surface area contributed by atoms with Crippen LogP contribution >= 0.6 is 0 Å². The highest BCUT2D eigenvalue weighted by Gasteiger charge is 2.33. The average molecular weight is 277 g/mol. The smallest absolute Gasteiger partial charge is 0.308 e. The molecule has 5 heteroatoms. The van der Waals surface area contributed by atoms with E-state index in [0.717, 1.165) is 12.8 Å². The summed E-state index contributed by atoms with van der Waals surface area (Å²) in [5.74, 6) is -0.819. The third-order valence-electron chi connectivity index (χ3n) is 3.58. The molecular weight excluding hydrogens is 258 g/mol. The van der Waals surface area contributed by atoms with Gasteiger partial charge < -0.3 is 15.2 Å². The van der Waals surface area contributed by atoms with E-state index in [4.69, 9.17) is 9.84 Å². The molecule has 1 aliphatic carbocycles. The lowest BCUT2D eigenvalue weighted by molar-refractivity contribution is -0.142. The van der Waals surface area contributed by atoms with Crippen LogP contribution in [0.15, 0.2) is 24.3 Å². The van der Waals surface area contributed by atoms with Crippen LogP contribution in [0.1, 0.15) is 36.5 Å². The summed E-state index contributed by atoms with van der Waals surface area (Å²) in [4.78, 5) is 23.2. The van der Waals surface area contributed by atoms with Gasteiger partial charge in [-0.3, -0.25) is 9.59 Å². The number of carboxylic acid groups (broad SMARTS) is 1. The number of ether oxygens (including phenoxy) is 1. The maximum atomic E-state index is 12.1. The molecule has 0 aromatic heterocycles. The molecule has 1 aromatic carbocycles. The summed E-state index contributed by atoms with van der Waals surface area (Å²) >= 11 is 0. The molecule has 0 unspecified atom stereocenters. The molecule has 0 spiro atoms. The Labute approximate surface area is 117 Å². The van der Waals surface area contributed by atoms with Crippen LogP contribution in [0.25, 0.3) is 0 Å². The van der Waals surface area contributed by atoms with E-state index in [0.29, 0.717) is 24.3 Å². The lowest BCUT2D eigenvalue weighted by Crippen LogP contribution is -2.40. The van der Waals surface area contributed by atoms with E-state index < -0.39 is 11.9 Å². The van der Waals surface area contributed by atoms with Gasteiger partial charge in [0.1, 0.15) is 5.75 Å². The van der Waals surface area contributed by atoms with Gasteiger partial charge in [0.15, 0.2) is 0 Å². The molecule has 1 amide bonds. The van der Waals surface area contributed by atoms with Gasteiger partial charge in [0, 0.05) is 11.6 Å². The van der Waals surface area contributed by atoms with Gasteiger partial charge in [0.2, 0.25) is 0 Å². The molecule has 0 bridgehead atoms. The molecule has 2 N–H and O–H groups in total. The van der Waals surface area contributed by atoms with Crippen LogP contribution in [0.2, 0.25) is 0 Å². The van der Waals surface area contributed by atoms with E-state index in [1.165, 1.54) is 0 Å². The Hall–Kier alpha value is -2.04. The van der Waals surface area contributed by atoms with Crippen molar-refractivity contribution in [1.29, 1.82) is 0 Å². The maximum Gasteiger partial charge on any atom is 0.308 e. The number of benzene rings is 1. The minimum absolute atomic E-state index is 0.230. The maximum absolute atomic E-state index is 12.1. The summed E-state index contributed by atoms with van der Waals surface area (Å²) in [7, 11) is 0. The second-order valence-electron chi connectivity index (χ2n) is 4.91. The quantitative estimate of drug-likeness (QED) is 0.864. The SMILES string of the molecule is CCOc1ccc(C(=O)N[C@@H]2CCC[C@@H]2C(=O)O)cc1. The average Bonchev–Trinajstić information content (AvgIpc) is 2.88. The van der Waals surface area contributed by atoms with Crippen LogP contribution in [-0.4, -0.2) is 29.6 Å². The fourth-order valence-corrected chi connectivity index (χ4v) is 2.55. The zero-order chi connectivity index (χ0) is 14.5. The van der Waals surface area contributed by atoms with E-state index in [2.05, 4.69) is 5.32 Å². The Kier molecular flexibility index (Phi) is 4.61. The Balaban J connectivity index is 1.99. The number of carbonyl (C=O) groups excluding carboxylic acids is 1. The second kappa shape index (κ2) is 6.41. The third-order valence-corrected chi connectivity index (χ3v) is 3.58. The highest BCUT2D eigenvalue weighted by atomic mass is 16.5. The molecule has 108 valence electrons. The molecule has 0 radical (unpaired) electrons. The van der Waals surface area contributed by atoms with Gasteiger partial charge in [-0.05, 0) is 44.0 Å². The summed E-state index contributed by atoms with van der Waals surface area (Å²) in [5.41, 5.74) is 0.518.